The van der Waals surface area contributed by atoms with E-state index in [9.17, 15) is 13.2 Å². The van der Waals surface area contributed by atoms with Crippen molar-refractivity contribution < 1.29 is 13.2 Å². The Labute approximate surface area is 190 Å². The summed E-state index contributed by atoms with van der Waals surface area (Å²) >= 11 is 1.55. The van der Waals surface area contributed by atoms with Crippen LogP contribution in [0.2, 0.25) is 0 Å². The van der Waals surface area contributed by atoms with E-state index in [1.807, 2.05) is 63.4 Å². The van der Waals surface area contributed by atoms with Crippen LogP contribution in [0.3, 0.4) is 0 Å². The third kappa shape index (κ3) is 5.51. The van der Waals surface area contributed by atoms with Gasteiger partial charge in [0.2, 0.25) is 15.9 Å². The number of nitrogens with one attached hydrogen (secondary N) is 1. The lowest BCUT2D eigenvalue weighted by Crippen LogP contribution is -2.46. The standard InChI is InChI=1S/C24H32N2O3S2/c1-17-14-18(2)24(19(3)15-17)31(28,29)26(20-10-6-5-7-11-20)16-23(27)25-21-12-8-9-13-22(21)30-4/h8-9,12-15,20H,5-7,10-11,16H2,1-4H3,(H,25,27). The molecule has 1 aliphatic rings. The highest BCUT2D eigenvalue weighted by Crippen LogP contribution is 2.31. The Hall–Kier alpha value is -1.83. The summed E-state index contributed by atoms with van der Waals surface area (Å²) in [5, 5.41) is 2.93. The minimum absolute atomic E-state index is 0.152. The van der Waals surface area contributed by atoms with E-state index in [-0.39, 0.29) is 18.5 Å². The van der Waals surface area contributed by atoms with Crippen LogP contribution in [0.1, 0.15) is 48.8 Å². The summed E-state index contributed by atoms with van der Waals surface area (Å²) in [6, 6.07) is 11.2. The first-order valence-corrected chi connectivity index (χ1v) is 13.4. The van der Waals surface area contributed by atoms with Gasteiger partial charge in [-0.3, -0.25) is 4.79 Å². The van der Waals surface area contributed by atoms with Crippen LogP contribution in [0, 0.1) is 20.8 Å². The normalized spacial score (nSPS) is 15.3. The fourth-order valence-corrected chi connectivity index (χ4v) is 7.16. The zero-order valence-electron chi connectivity index (χ0n) is 18.8. The van der Waals surface area contributed by atoms with E-state index in [1.54, 1.807) is 11.8 Å². The Morgan fingerprint density at radius 2 is 1.68 bits per heavy atom. The van der Waals surface area contributed by atoms with Gasteiger partial charge >= 0.3 is 0 Å². The number of thioether (sulfide) groups is 1. The Morgan fingerprint density at radius 1 is 1.06 bits per heavy atom. The molecule has 1 amide bonds. The molecule has 5 nitrogen and oxygen atoms in total. The summed E-state index contributed by atoms with van der Waals surface area (Å²) in [5.74, 6) is -0.307. The molecule has 1 N–H and O–H groups in total. The van der Waals surface area contributed by atoms with Gasteiger partial charge in [-0.05, 0) is 63.1 Å². The number of hydrogen-bond donors (Lipinski definition) is 1. The van der Waals surface area contributed by atoms with E-state index < -0.39 is 10.0 Å². The highest BCUT2D eigenvalue weighted by molar-refractivity contribution is 7.98. The molecule has 0 spiro atoms. The molecule has 0 saturated heterocycles. The molecule has 0 unspecified atom stereocenters. The maximum absolute atomic E-state index is 13.8. The van der Waals surface area contributed by atoms with Crippen molar-refractivity contribution >= 4 is 33.4 Å². The van der Waals surface area contributed by atoms with Crippen LogP contribution in [0.4, 0.5) is 5.69 Å². The van der Waals surface area contributed by atoms with Crippen LogP contribution in [0.25, 0.3) is 0 Å². The van der Waals surface area contributed by atoms with Gasteiger partial charge in [0, 0.05) is 10.9 Å². The second kappa shape index (κ2) is 10.2. The molecule has 2 aromatic carbocycles. The third-order valence-corrected chi connectivity index (χ3v) is 8.83. The molecule has 0 atom stereocenters. The number of para-hydroxylation sites is 1. The van der Waals surface area contributed by atoms with Crippen LogP contribution in [0.15, 0.2) is 46.2 Å². The first kappa shape index (κ1) is 23.8. The number of hydrogen-bond acceptors (Lipinski definition) is 4. The first-order valence-electron chi connectivity index (χ1n) is 10.8. The van der Waals surface area contributed by atoms with Gasteiger partial charge in [0.25, 0.3) is 0 Å². The SMILES string of the molecule is CSc1ccccc1NC(=O)CN(C1CCCCC1)S(=O)(=O)c1c(C)cc(C)cc1C. The van der Waals surface area contributed by atoms with Gasteiger partial charge in [-0.25, -0.2) is 8.42 Å². The summed E-state index contributed by atoms with van der Waals surface area (Å²) < 4.78 is 29.1. The number of carbonyl (C=O) groups excluding carboxylic acids is 1. The number of anilines is 1. The van der Waals surface area contributed by atoms with Gasteiger partial charge in [0.05, 0.1) is 17.1 Å². The van der Waals surface area contributed by atoms with Crippen molar-refractivity contribution in [3.8, 4) is 0 Å². The summed E-state index contributed by atoms with van der Waals surface area (Å²) in [5.41, 5.74) is 3.20. The topological polar surface area (TPSA) is 66.5 Å². The van der Waals surface area contributed by atoms with Crippen molar-refractivity contribution in [2.45, 2.75) is 68.7 Å². The number of amides is 1. The summed E-state index contributed by atoms with van der Waals surface area (Å²) in [4.78, 5) is 14.3. The number of aryl methyl sites for hydroxylation is 3. The highest BCUT2D eigenvalue weighted by Gasteiger charge is 2.35. The average molecular weight is 461 g/mol. The van der Waals surface area contributed by atoms with Gasteiger partial charge in [0.15, 0.2) is 0 Å². The molecule has 31 heavy (non-hydrogen) atoms. The lowest BCUT2D eigenvalue weighted by atomic mass is 9.95. The van der Waals surface area contributed by atoms with E-state index in [0.717, 1.165) is 53.7 Å². The van der Waals surface area contributed by atoms with E-state index in [2.05, 4.69) is 5.32 Å². The Balaban J connectivity index is 1.94. The molecule has 0 aliphatic heterocycles. The van der Waals surface area contributed by atoms with Crippen molar-refractivity contribution in [3.63, 3.8) is 0 Å². The van der Waals surface area contributed by atoms with Crippen LogP contribution in [-0.2, 0) is 14.8 Å². The van der Waals surface area contributed by atoms with Crippen molar-refractivity contribution in [1.82, 2.24) is 4.31 Å². The largest absolute Gasteiger partial charge is 0.324 e. The van der Waals surface area contributed by atoms with E-state index >= 15 is 0 Å². The maximum Gasteiger partial charge on any atom is 0.244 e. The molecule has 7 heteroatoms. The summed E-state index contributed by atoms with van der Waals surface area (Å²) in [6.45, 7) is 5.45. The lowest BCUT2D eigenvalue weighted by molar-refractivity contribution is -0.116. The Morgan fingerprint density at radius 3 is 2.29 bits per heavy atom. The van der Waals surface area contributed by atoms with Crippen LogP contribution >= 0.6 is 11.8 Å². The fourth-order valence-electron chi connectivity index (χ4n) is 4.55. The minimum Gasteiger partial charge on any atom is -0.324 e. The number of rotatable bonds is 7. The van der Waals surface area contributed by atoms with Crippen molar-refractivity contribution in [2.75, 3.05) is 18.1 Å². The van der Waals surface area contributed by atoms with Gasteiger partial charge in [-0.2, -0.15) is 4.31 Å². The lowest BCUT2D eigenvalue weighted by Gasteiger charge is -2.34. The van der Waals surface area contributed by atoms with Crippen molar-refractivity contribution in [3.05, 3.63) is 53.1 Å². The molecule has 3 rings (SSSR count). The fraction of sp³-hybridized carbons (Fsp3) is 0.458. The molecule has 2 aromatic rings. The molecule has 0 aromatic heterocycles. The van der Waals surface area contributed by atoms with Gasteiger partial charge < -0.3 is 5.32 Å². The zero-order valence-corrected chi connectivity index (χ0v) is 20.4. The van der Waals surface area contributed by atoms with Gasteiger partial charge in [-0.1, -0.05) is 49.1 Å². The maximum atomic E-state index is 13.8. The molecule has 1 aliphatic carbocycles. The number of carbonyl (C=O) groups is 1. The molecule has 0 bridgehead atoms. The third-order valence-electron chi connectivity index (χ3n) is 5.83. The Kier molecular flexibility index (Phi) is 7.83. The number of benzene rings is 2. The predicted molar refractivity (Wildman–Crippen MR) is 128 cm³/mol. The summed E-state index contributed by atoms with van der Waals surface area (Å²) in [6.07, 6.45) is 6.61. The van der Waals surface area contributed by atoms with E-state index in [1.165, 1.54) is 4.31 Å². The monoisotopic (exact) mass is 460 g/mol. The highest BCUT2D eigenvalue weighted by atomic mass is 32.2. The number of sulfonamides is 1. The zero-order chi connectivity index (χ0) is 22.6. The molecule has 1 saturated carbocycles. The van der Waals surface area contributed by atoms with Crippen LogP contribution < -0.4 is 5.32 Å². The van der Waals surface area contributed by atoms with Crippen LogP contribution in [0.5, 0.6) is 0 Å². The first-order chi connectivity index (χ1) is 14.7. The second-order valence-corrected chi connectivity index (χ2v) is 11.0. The molecule has 1 fully saturated rings. The van der Waals surface area contributed by atoms with Gasteiger partial charge in [0.1, 0.15) is 0 Å². The van der Waals surface area contributed by atoms with Gasteiger partial charge in [-0.15, -0.1) is 11.8 Å². The molecule has 168 valence electrons. The van der Waals surface area contributed by atoms with E-state index in [0.29, 0.717) is 10.6 Å². The van der Waals surface area contributed by atoms with Crippen molar-refractivity contribution in [2.24, 2.45) is 0 Å². The minimum atomic E-state index is -3.81. The smallest absolute Gasteiger partial charge is 0.244 e. The molecular formula is C24H32N2O3S2. The predicted octanol–water partition coefficient (Wildman–Crippen LogP) is 5.30. The van der Waals surface area contributed by atoms with Crippen LogP contribution in [-0.4, -0.2) is 37.5 Å². The summed E-state index contributed by atoms with van der Waals surface area (Å²) in [7, 11) is -3.81. The molecule has 0 heterocycles. The average Bonchev–Trinajstić information content (AvgIpc) is 2.72. The van der Waals surface area contributed by atoms with Crippen molar-refractivity contribution in [1.29, 1.82) is 0 Å². The Bertz CT molecular complexity index is 1020. The van der Waals surface area contributed by atoms with E-state index in [4.69, 9.17) is 0 Å². The molecular weight excluding hydrogens is 428 g/mol. The number of nitrogens with zero attached hydrogens (tertiary/aromatic N) is 1. The second-order valence-electron chi connectivity index (χ2n) is 8.32. The molecule has 0 radical (unpaired) electrons. The quantitative estimate of drug-likeness (QED) is 0.570.